The minimum Gasteiger partial charge on any atom is -0.357 e. The van der Waals surface area contributed by atoms with Crippen molar-refractivity contribution in [3.05, 3.63) is 52.5 Å². The van der Waals surface area contributed by atoms with Crippen LogP contribution in [0.1, 0.15) is 18.4 Å². The zero-order chi connectivity index (χ0) is 18.5. The monoisotopic (exact) mass is 544 g/mol. The standard InChI is InChI=1S/C19H25BrN6.HI/c1-4-21-19(26(3)13-15-11-14(20)12-25(15)2)22-10-9-18-23-16-7-5-6-8-17(16)24-18;/h5-8,11-12H,4,9-10,13H2,1-3H3,(H,21,22)(H,23,24);1H. The smallest absolute Gasteiger partial charge is 0.194 e. The summed E-state index contributed by atoms with van der Waals surface area (Å²) in [5.74, 6) is 1.88. The maximum atomic E-state index is 4.76. The molecule has 146 valence electrons. The van der Waals surface area contributed by atoms with Crippen LogP contribution in [0.3, 0.4) is 0 Å². The molecule has 0 spiro atoms. The van der Waals surface area contributed by atoms with Gasteiger partial charge >= 0.3 is 0 Å². The van der Waals surface area contributed by atoms with E-state index in [9.17, 15) is 0 Å². The van der Waals surface area contributed by atoms with Gasteiger partial charge in [-0.3, -0.25) is 4.99 Å². The van der Waals surface area contributed by atoms with Gasteiger partial charge in [0, 0.05) is 50.0 Å². The van der Waals surface area contributed by atoms with Crippen LogP contribution in [0, 0.1) is 0 Å². The molecule has 0 bridgehead atoms. The number of H-pyrrole nitrogens is 1. The second-order valence-corrected chi connectivity index (χ2v) is 7.22. The number of hydrogen-bond acceptors (Lipinski definition) is 2. The molecule has 3 aromatic rings. The van der Waals surface area contributed by atoms with Crippen LogP contribution in [0.25, 0.3) is 11.0 Å². The lowest BCUT2D eigenvalue weighted by molar-refractivity contribution is 0.462. The van der Waals surface area contributed by atoms with Crippen molar-refractivity contribution in [2.45, 2.75) is 19.9 Å². The van der Waals surface area contributed by atoms with E-state index >= 15 is 0 Å². The van der Waals surface area contributed by atoms with Gasteiger partial charge in [-0.2, -0.15) is 0 Å². The summed E-state index contributed by atoms with van der Waals surface area (Å²) < 4.78 is 3.22. The van der Waals surface area contributed by atoms with Gasteiger partial charge in [0.05, 0.1) is 17.6 Å². The van der Waals surface area contributed by atoms with E-state index in [2.05, 4.69) is 74.0 Å². The van der Waals surface area contributed by atoms with E-state index in [4.69, 9.17) is 4.99 Å². The molecule has 0 saturated carbocycles. The van der Waals surface area contributed by atoms with Crippen LogP contribution >= 0.6 is 39.9 Å². The summed E-state index contributed by atoms with van der Waals surface area (Å²) in [6.45, 7) is 4.40. The third kappa shape index (κ3) is 5.71. The lowest BCUT2D eigenvalue weighted by Gasteiger charge is -2.22. The number of nitrogens with zero attached hydrogens (tertiary/aromatic N) is 4. The molecule has 1 aromatic carbocycles. The van der Waals surface area contributed by atoms with Crippen molar-refractivity contribution in [2.75, 3.05) is 20.1 Å². The van der Waals surface area contributed by atoms with Gasteiger partial charge in [-0.25, -0.2) is 4.98 Å². The number of benzene rings is 1. The Hall–Kier alpha value is -1.55. The average molecular weight is 545 g/mol. The average Bonchev–Trinajstić information content (AvgIpc) is 3.16. The Morgan fingerprint density at radius 2 is 2.15 bits per heavy atom. The van der Waals surface area contributed by atoms with Crippen molar-refractivity contribution < 1.29 is 0 Å². The first kappa shape index (κ1) is 21.7. The first-order valence-electron chi connectivity index (χ1n) is 8.80. The molecule has 0 aliphatic heterocycles. The molecule has 0 amide bonds. The summed E-state index contributed by atoms with van der Waals surface area (Å²) in [5.41, 5.74) is 3.30. The molecule has 0 radical (unpaired) electrons. The number of nitrogens with one attached hydrogen (secondary N) is 2. The van der Waals surface area contributed by atoms with Crippen molar-refractivity contribution in [3.63, 3.8) is 0 Å². The van der Waals surface area contributed by atoms with Gasteiger partial charge in [-0.1, -0.05) is 12.1 Å². The SMILES string of the molecule is CCNC(=NCCc1nc2ccccc2[nH]1)N(C)Cc1cc(Br)cn1C.I. The predicted octanol–water partition coefficient (Wildman–Crippen LogP) is 3.92. The van der Waals surface area contributed by atoms with E-state index in [-0.39, 0.29) is 24.0 Å². The number of guanidine groups is 1. The van der Waals surface area contributed by atoms with E-state index in [0.29, 0.717) is 6.54 Å². The molecule has 8 heteroatoms. The molecule has 0 unspecified atom stereocenters. The van der Waals surface area contributed by atoms with Crippen molar-refractivity contribution in [3.8, 4) is 0 Å². The highest BCUT2D eigenvalue weighted by molar-refractivity contribution is 14.0. The number of aromatic amines is 1. The first-order chi connectivity index (χ1) is 12.6. The Morgan fingerprint density at radius 3 is 2.81 bits per heavy atom. The third-order valence-electron chi connectivity index (χ3n) is 4.22. The number of para-hydroxylation sites is 2. The summed E-state index contributed by atoms with van der Waals surface area (Å²) in [5, 5.41) is 3.37. The number of aryl methyl sites for hydroxylation is 1. The molecule has 0 saturated heterocycles. The van der Waals surface area contributed by atoms with Crippen molar-refractivity contribution >= 4 is 56.9 Å². The predicted molar refractivity (Wildman–Crippen MR) is 126 cm³/mol. The van der Waals surface area contributed by atoms with Gasteiger partial charge in [0.15, 0.2) is 5.96 Å². The van der Waals surface area contributed by atoms with Crippen LogP contribution in [-0.2, 0) is 20.0 Å². The van der Waals surface area contributed by atoms with Gasteiger partial charge in [0.1, 0.15) is 5.82 Å². The molecule has 0 atom stereocenters. The van der Waals surface area contributed by atoms with Gasteiger partial charge in [-0.05, 0) is 41.1 Å². The minimum absolute atomic E-state index is 0. The highest BCUT2D eigenvalue weighted by Gasteiger charge is 2.10. The van der Waals surface area contributed by atoms with Crippen molar-refractivity contribution in [2.24, 2.45) is 12.0 Å². The summed E-state index contributed by atoms with van der Waals surface area (Å²) in [7, 11) is 4.11. The van der Waals surface area contributed by atoms with Crippen molar-refractivity contribution in [1.29, 1.82) is 0 Å². The second kappa shape index (κ2) is 10.1. The lowest BCUT2D eigenvalue weighted by atomic mass is 10.3. The van der Waals surface area contributed by atoms with Crippen molar-refractivity contribution in [1.82, 2.24) is 24.8 Å². The van der Waals surface area contributed by atoms with Gasteiger partial charge in [-0.15, -0.1) is 24.0 Å². The van der Waals surface area contributed by atoms with Crippen LogP contribution in [0.4, 0.5) is 0 Å². The van der Waals surface area contributed by atoms with Crippen LogP contribution in [0.15, 0.2) is 46.0 Å². The number of imidazole rings is 1. The molecule has 27 heavy (non-hydrogen) atoms. The molecule has 2 N–H and O–H groups in total. The van der Waals surface area contributed by atoms with Crippen LogP contribution in [0.5, 0.6) is 0 Å². The number of rotatable bonds is 6. The molecule has 6 nitrogen and oxygen atoms in total. The topological polar surface area (TPSA) is 61.2 Å². The van der Waals surface area contributed by atoms with Crippen LogP contribution in [0.2, 0.25) is 0 Å². The molecule has 3 rings (SSSR count). The quantitative estimate of drug-likeness (QED) is 0.281. The molecule has 2 aromatic heterocycles. The Morgan fingerprint density at radius 1 is 1.37 bits per heavy atom. The Bertz CT molecular complexity index is 868. The fourth-order valence-corrected chi connectivity index (χ4v) is 3.47. The minimum atomic E-state index is 0. The number of aliphatic imine (C=N–C) groups is 1. The number of aromatic nitrogens is 3. The van der Waals surface area contributed by atoms with Gasteiger partial charge < -0.3 is 19.8 Å². The Kier molecular flexibility index (Phi) is 8.15. The number of hydrogen-bond donors (Lipinski definition) is 2. The highest BCUT2D eigenvalue weighted by atomic mass is 127. The molecule has 0 fully saturated rings. The maximum absolute atomic E-state index is 4.76. The molecule has 2 heterocycles. The zero-order valence-corrected chi connectivity index (χ0v) is 19.8. The van der Waals surface area contributed by atoms with Crippen LogP contribution < -0.4 is 5.32 Å². The van der Waals surface area contributed by atoms with Gasteiger partial charge in [0.2, 0.25) is 0 Å². The first-order valence-corrected chi connectivity index (χ1v) is 9.60. The summed E-state index contributed by atoms with van der Waals surface area (Å²) >= 11 is 3.53. The Balaban J connectivity index is 0.00000261. The van der Waals surface area contributed by atoms with Gasteiger partial charge in [0.25, 0.3) is 0 Å². The summed E-state index contributed by atoms with van der Waals surface area (Å²) in [6, 6.07) is 10.2. The molecule has 0 aliphatic carbocycles. The largest absolute Gasteiger partial charge is 0.357 e. The van der Waals surface area contributed by atoms with Crippen LogP contribution in [-0.4, -0.2) is 45.5 Å². The molecular formula is C19H26BrIN6. The summed E-state index contributed by atoms with van der Waals surface area (Å²) in [6.07, 6.45) is 2.85. The van der Waals surface area contributed by atoms with E-state index in [1.54, 1.807) is 0 Å². The molecule has 0 aliphatic rings. The zero-order valence-electron chi connectivity index (χ0n) is 15.9. The number of fused-ring (bicyclic) bond motifs is 1. The Labute approximate surface area is 185 Å². The summed E-state index contributed by atoms with van der Waals surface area (Å²) in [4.78, 5) is 14.9. The maximum Gasteiger partial charge on any atom is 0.194 e. The fraction of sp³-hybridized carbons (Fsp3) is 0.368. The van der Waals surface area contributed by atoms with E-state index in [0.717, 1.165) is 46.8 Å². The van der Waals surface area contributed by atoms with E-state index in [1.807, 2.05) is 24.3 Å². The van der Waals surface area contributed by atoms with E-state index in [1.165, 1.54) is 5.69 Å². The third-order valence-corrected chi connectivity index (χ3v) is 4.65. The second-order valence-electron chi connectivity index (χ2n) is 6.30. The molecular weight excluding hydrogens is 519 g/mol. The highest BCUT2D eigenvalue weighted by Crippen LogP contribution is 2.15. The lowest BCUT2D eigenvalue weighted by Crippen LogP contribution is -2.39. The normalized spacial score (nSPS) is 11.5. The van der Waals surface area contributed by atoms with E-state index < -0.39 is 0 Å². The fourth-order valence-electron chi connectivity index (χ4n) is 2.90. The number of halogens is 2.